The zero-order valence-electron chi connectivity index (χ0n) is 13.6. The quantitative estimate of drug-likeness (QED) is 0.868. The van der Waals surface area contributed by atoms with Crippen LogP contribution in [0.5, 0.6) is 0 Å². The van der Waals surface area contributed by atoms with Gasteiger partial charge < -0.3 is 15.1 Å². The Bertz CT molecular complexity index is 764. The number of carbonyl (C=O) groups excluding carboxylic acids is 1. The van der Waals surface area contributed by atoms with Gasteiger partial charge in [-0.05, 0) is 30.3 Å². The van der Waals surface area contributed by atoms with Crippen molar-refractivity contribution in [3.05, 3.63) is 59.1 Å². The smallest absolute Gasteiger partial charge is 0.279 e. The highest BCUT2D eigenvalue weighted by Gasteiger charge is 2.22. The molecule has 1 saturated heterocycles. The van der Waals surface area contributed by atoms with E-state index in [1.807, 2.05) is 24.3 Å². The fourth-order valence-electron chi connectivity index (χ4n) is 2.94. The van der Waals surface area contributed by atoms with Crippen LogP contribution in [0.3, 0.4) is 0 Å². The van der Waals surface area contributed by atoms with E-state index >= 15 is 0 Å². The Morgan fingerprint density at radius 2 is 1.88 bits per heavy atom. The first-order valence-electron chi connectivity index (χ1n) is 8.10. The topological polar surface area (TPSA) is 36.8 Å². The fraction of sp³-hybridized carbons (Fsp3) is 0.278. The number of rotatable bonds is 4. The maximum atomic E-state index is 13.2. The first-order chi connectivity index (χ1) is 12.0. The van der Waals surface area contributed by atoms with E-state index in [4.69, 9.17) is 11.6 Å². The van der Waals surface area contributed by atoms with Crippen molar-refractivity contribution in [1.29, 1.82) is 0 Å². The highest BCUT2D eigenvalue weighted by molar-refractivity contribution is 6.30. The summed E-state index contributed by atoms with van der Waals surface area (Å²) in [5, 5.41) is 3.32. The Balaban J connectivity index is 1.50. The predicted molar refractivity (Wildman–Crippen MR) is 94.2 cm³/mol. The number of halogens is 3. The lowest BCUT2D eigenvalue weighted by Crippen LogP contribution is -3.15. The molecule has 0 radical (unpaired) electrons. The summed E-state index contributed by atoms with van der Waals surface area (Å²) in [6, 6.07) is 11.1. The predicted octanol–water partition coefficient (Wildman–Crippen LogP) is 1.96. The molecular formula is C18H19ClF2N3O+. The van der Waals surface area contributed by atoms with Crippen LogP contribution in [0.25, 0.3) is 0 Å². The van der Waals surface area contributed by atoms with Gasteiger partial charge in [0, 0.05) is 22.5 Å². The van der Waals surface area contributed by atoms with E-state index in [-0.39, 0.29) is 11.6 Å². The highest BCUT2D eigenvalue weighted by Crippen LogP contribution is 2.19. The molecule has 0 aromatic heterocycles. The fourth-order valence-corrected chi connectivity index (χ4v) is 3.12. The normalized spacial score (nSPS) is 15.2. The van der Waals surface area contributed by atoms with Crippen LogP contribution in [0, 0.1) is 11.6 Å². The molecule has 0 unspecified atom stereocenters. The van der Waals surface area contributed by atoms with E-state index in [9.17, 15) is 13.6 Å². The van der Waals surface area contributed by atoms with Gasteiger partial charge in [0.25, 0.3) is 5.91 Å². The minimum absolute atomic E-state index is 0.211. The van der Waals surface area contributed by atoms with Crippen molar-refractivity contribution in [2.24, 2.45) is 0 Å². The Kier molecular flexibility index (Phi) is 5.50. The van der Waals surface area contributed by atoms with Crippen LogP contribution in [0.1, 0.15) is 0 Å². The Morgan fingerprint density at radius 3 is 2.56 bits per heavy atom. The zero-order chi connectivity index (χ0) is 17.8. The second kappa shape index (κ2) is 7.80. The molecule has 2 aromatic carbocycles. The van der Waals surface area contributed by atoms with Crippen molar-refractivity contribution in [3.8, 4) is 0 Å². The van der Waals surface area contributed by atoms with Gasteiger partial charge in [-0.3, -0.25) is 4.79 Å². The molecule has 2 N–H and O–H groups in total. The average Bonchev–Trinajstić information content (AvgIpc) is 2.59. The van der Waals surface area contributed by atoms with E-state index in [0.717, 1.165) is 48.9 Å². The number of hydrogen-bond donors (Lipinski definition) is 2. The van der Waals surface area contributed by atoms with E-state index in [1.54, 1.807) is 0 Å². The highest BCUT2D eigenvalue weighted by atomic mass is 35.5. The van der Waals surface area contributed by atoms with E-state index in [2.05, 4.69) is 10.2 Å². The number of piperazine rings is 1. The van der Waals surface area contributed by atoms with Crippen molar-refractivity contribution >= 4 is 28.9 Å². The first-order valence-corrected chi connectivity index (χ1v) is 8.48. The molecule has 1 aliphatic heterocycles. The molecule has 0 aliphatic carbocycles. The third-order valence-electron chi connectivity index (χ3n) is 4.26. The summed E-state index contributed by atoms with van der Waals surface area (Å²) >= 11 is 6.02. The summed E-state index contributed by atoms with van der Waals surface area (Å²) in [5.74, 6) is -2.11. The van der Waals surface area contributed by atoms with Gasteiger partial charge >= 0.3 is 0 Å². The van der Waals surface area contributed by atoms with Gasteiger partial charge in [0.1, 0.15) is 0 Å². The van der Waals surface area contributed by atoms with Crippen LogP contribution < -0.4 is 15.1 Å². The second-order valence-electron chi connectivity index (χ2n) is 6.07. The minimum Gasteiger partial charge on any atom is -0.360 e. The first kappa shape index (κ1) is 17.6. The number of nitrogens with zero attached hydrogens (tertiary/aromatic N) is 1. The molecule has 132 valence electrons. The van der Waals surface area contributed by atoms with Crippen LogP contribution in [0.15, 0.2) is 42.5 Å². The van der Waals surface area contributed by atoms with Crippen molar-refractivity contribution in [3.63, 3.8) is 0 Å². The standard InChI is InChI=1S/C18H18ClF2N3O/c19-13-2-1-3-15(10-13)24-8-6-23(7-9-24)12-18(25)22-14-4-5-16(20)17(21)11-14/h1-5,10-11H,6-9,12H2,(H,22,25)/p+1. The molecule has 0 saturated carbocycles. The second-order valence-corrected chi connectivity index (χ2v) is 6.51. The molecule has 25 heavy (non-hydrogen) atoms. The van der Waals surface area contributed by atoms with E-state index < -0.39 is 11.6 Å². The summed E-state index contributed by atoms with van der Waals surface area (Å²) in [4.78, 5) is 15.5. The Hall–Kier alpha value is -2.18. The molecule has 7 heteroatoms. The lowest BCUT2D eigenvalue weighted by atomic mass is 10.2. The molecule has 0 bridgehead atoms. The zero-order valence-corrected chi connectivity index (χ0v) is 14.3. The van der Waals surface area contributed by atoms with Crippen molar-refractivity contribution in [1.82, 2.24) is 0 Å². The summed E-state index contributed by atoms with van der Waals surface area (Å²) in [6.07, 6.45) is 0. The van der Waals surface area contributed by atoms with Gasteiger partial charge in [0.15, 0.2) is 18.2 Å². The maximum Gasteiger partial charge on any atom is 0.279 e. The number of hydrogen-bond acceptors (Lipinski definition) is 2. The molecular weight excluding hydrogens is 348 g/mol. The van der Waals surface area contributed by atoms with E-state index in [0.29, 0.717) is 11.6 Å². The van der Waals surface area contributed by atoms with Crippen LogP contribution in [-0.2, 0) is 4.79 Å². The number of amides is 1. The number of carbonyl (C=O) groups is 1. The van der Waals surface area contributed by atoms with Gasteiger partial charge in [-0.15, -0.1) is 0 Å². The number of nitrogens with one attached hydrogen (secondary N) is 2. The van der Waals surface area contributed by atoms with Crippen molar-refractivity contribution < 1.29 is 18.5 Å². The van der Waals surface area contributed by atoms with Crippen molar-refractivity contribution in [2.45, 2.75) is 0 Å². The number of anilines is 2. The number of benzene rings is 2. The lowest BCUT2D eigenvalue weighted by Gasteiger charge is -2.33. The maximum absolute atomic E-state index is 13.2. The molecule has 4 nitrogen and oxygen atoms in total. The number of quaternary nitrogens is 1. The molecule has 3 rings (SSSR count). The van der Waals surface area contributed by atoms with Gasteiger partial charge in [-0.2, -0.15) is 0 Å². The van der Waals surface area contributed by atoms with Gasteiger partial charge in [-0.1, -0.05) is 17.7 Å². The molecule has 1 aliphatic rings. The molecule has 0 spiro atoms. The monoisotopic (exact) mass is 366 g/mol. The van der Waals surface area contributed by atoms with Crippen LogP contribution in [-0.4, -0.2) is 38.6 Å². The van der Waals surface area contributed by atoms with Crippen LogP contribution >= 0.6 is 11.6 Å². The minimum atomic E-state index is -0.972. The average molecular weight is 367 g/mol. The van der Waals surface area contributed by atoms with Gasteiger partial charge in [0.2, 0.25) is 0 Å². The van der Waals surface area contributed by atoms with Gasteiger partial charge in [0.05, 0.1) is 26.2 Å². The lowest BCUT2D eigenvalue weighted by molar-refractivity contribution is -0.892. The summed E-state index contributed by atoms with van der Waals surface area (Å²) in [7, 11) is 0. The summed E-state index contributed by atoms with van der Waals surface area (Å²) < 4.78 is 26.1. The van der Waals surface area contributed by atoms with Crippen molar-refractivity contribution in [2.75, 3.05) is 42.9 Å². The summed E-state index contributed by atoms with van der Waals surface area (Å²) in [5.41, 5.74) is 1.35. The summed E-state index contributed by atoms with van der Waals surface area (Å²) in [6.45, 7) is 3.58. The van der Waals surface area contributed by atoms with Crippen LogP contribution in [0.4, 0.5) is 20.2 Å². The van der Waals surface area contributed by atoms with E-state index in [1.165, 1.54) is 6.07 Å². The largest absolute Gasteiger partial charge is 0.360 e. The third-order valence-corrected chi connectivity index (χ3v) is 4.49. The molecule has 1 amide bonds. The molecule has 1 heterocycles. The van der Waals surface area contributed by atoms with Gasteiger partial charge in [-0.25, -0.2) is 8.78 Å². The third kappa shape index (κ3) is 4.67. The molecule has 2 aromatic rings. The molecule has 1 fully saturated rings. The Labute approximate surface area is 150 Å². The van der Waals surface area contributed by atoms with Crippen LogP contribution in [0.2, 0.25) is 5.02 Å². The molecule has 0 atom stereocenters. The Morgan fingerprint density at radius 1 is 1.12 bits per heavy atom. The SMILES string of the molecule is O=C(C[NH+]1CCN(c2cccc(Cl)c2)CC1)Nc1ccc(F)c(F)c1.